The molecule has 3 heterocycles. The maximum absolute atomic E-state index is 7.44. The smallest absolute Gasteiger partial charge is 0.0888 e. The van der Waals surface area contributed by atoms with Crippen molar-refractivity contribution in [2.24, 2.45) is 11.7 Å². The fourth-order valence-electron chi connectivity index (χ4n) is 3.69. The highest BCUT2D eigenvalue weighted by Gasteiger charge is 2.21. The maximum Gasteiger partial charge on any atom is 0.0888 e. The number of fused-ring (bicyclic) bond motifs is 1. The van der Waals surface area contributed by atoms with Crippen LogP contribution in [0.2, 0.25) is 0 Å². The zero-order chi connectivity index (χ0) is 19.3. The number of pyridine rings is 1. The van der Waals surface area contributed by atoms with E-state index >= 15 is 0 Å². The molecule has 1 saturated heterocycles. The highest BCUT2D eigenvalue weighted by molar-refractivity contribution is 7.97. The number of nitrogens with two attached hydrogens (primary N) is 1. The monoisotopic (exact) mass is 391 g/mol. The summed E-state index contributed by atoms with van der Waals surface area (Å²) in [4.78, 5) is 5.97. The first-order valence-corrected chi connectivity index (χ1v) is 10.4. The molecular formula is C22H25N5S. The molecule has 144 valence electrons. The van der Waals surface area contributed by atoms with E-state index in [-0.39, 0.29) is 0 Å². The summed E-state index contributed by atoms with van der Waals surface area (Å²) in [6, 6.07) is 16.7. The highest BCUT2D eigenvalue weighted by atomic mass is 32.2. The van der Waals surface area contributed by atoms with Gasteiger partial charge in [-0.25, -0.2) is 9.29 Å². The van der Waals surface area contributed by atoms with Gasteiger partial charge in [-0.05, 0) is 61.0 Å². The maximum atomic E-state index is 7.44. The average Bonchev–Trinajstić information content (AvgIpc) is 3.13. The first-order chi connectivity index (χ1) is 13.8. The van der Waals surface area contributed by atoms with Crippen LogP contribution in [0.15, 0.2) is 65.8 Å². The molecule has 3 aromatic rings. The SMILES string of the molecule is N=C/C(=C\N)c1ccc2c(ccn2CC2CCN(Sc3ccccc3)CC2)n1. The Hall–Kier alpha value is -2.57. The molecule has 2 aromatic heterocycles. The first kappa shape index (κ1) is 18.8. The molecule has 3 N–H and O–H groups in total. The molecule has 0 spiro atoms. The minimum Gasteiger partial charge on any atom is -0.404 e. The summed E-state index contributed by atoms with van der Waals surface area (Å²) < 4.78 is 4.79. The van der Waals surface area contributed by atoms with Crippen molar-refractivity contribution in [1.82, 2.24) is 13.9 Å². The molecule has 1 aliphatic heterocycles. The number of hydrogen-bond donors (Lipinski definition) is 2. The molecule has 1 aromatic carbocycles. The number of benzene rings is 1. The van der Waals surface area contributed by atoms with Gasteiger partial charge in [0.05, 0.1) is 16.7 Å². The normalized spacial score (nSPS) is 16.5. The van der Waals surface area contributed by atoms with Crippen LogP contribution in [0.4, 0.5) is 0 Å². The van der Waals surface area contributed by atoms with Crippen LogP contribution in [0.3, 0.4) is 0 Å². The Labute approximate surface area is 169 Å². The molecule has 0 saturated carbocycles. The number of allylic oxidation sites excluding steroid dienone is 1. The number of piperidine rings is 1. The molecule has 1 fully saturated rings. The highest BCUT2D eigenvalue weighted by Crippen LogP contribution is 2.29. The second kappa shape index (κ2) is 8.63. The van der Waals surface area contributed by atoms with E-state index in [1.165, 1.54) is 30.2 Å². The minimum absolute atomic E-state index is 0.637. The van der Waals surface area contributed by atoms with Gasteiger partial charge in [0, 0.05) is 48.7 Å². The van der Waals surface area contributed by atoms with E-state index in [9.17, 15) is 0 Å². The van der Waals surface area contributed by atoms with E-state index in [4.69, 9.17) is 11.1 Å². The zero-order valence-corrected chi connectivity index (χ0v) is 16.6. The van der Waals surface area contributed by atoms with E-state index < -0.39 is 0 Å². The van der Waals surface area contributed by atoms with Crippen molar-refractivity contribution < 1.29 is 0 Å². The lowest BCUT2D eigenvalue weighted by Crippen LogP contribution is -2.30. The third-order valence-corrected chi connectivity index (χ3v) is 6.37. The van der Waals surface area contributed by atoms with E-state index in [0.29, 0.717) is 11.5 Å². The van der Waals surface area contributed by atoms with Gasteiger partial charge >= 0.3 is 0 Å². The second-order valence-corrected chi connectivity index (χ2v) is 8.28. The topological polar surface area (TPSA) is 70.9 Å². The predicted molar refractivity (Wildman–Crippen MR) is 117 cm³/mol. The van der Waals surface area contributed by atoms with Gasteiger partial charge in [-0.2, -0.15) is 0 Å². The standard InChI is InChI=1S/C22H25N5S/c23-14-18(15-24)20-6-7-22-21(25-20)10-11-26(22)16-17-8-12-27(13-9-17)28-19-4-2-1-3-5-19/h1-7,10-11,14-15,17,23H,8-9,12-13,16,24H2/b18-15+,23-14?. The molecular weight excluding hydrogens is 366 g/mol. The lowest BCUT2D eigenvalue weighted by molar-refractivity contribution is 0.269. The van der Waals surface area contributed by atoms with Crippen molar-refractivity contribution in [3.05, 3.63) is 66.6 Å². The van der Waals surface area contributed by atoms with E-state index in [2.05, 4.69) is 62.5 Å². The summed E-state index contributed by atoms with van der Waals surface area (Å²) in [5.74, 6) is 0.684. The number of hydrogen-bond acceptors (Lipinski definition) is 5. The lowest BCUT2D eigenvalue weighted by Gasteiger charge is -2.31. The van der Waals surface area contributed by atoms with E-state index in [0.717, 1.165) is 36.4 Å². The molecule has 5 nitrogen and oxygen atoms in total. The fraction of sp³-hybridized carbons (Fsp3) is 0.273. The minimum atomic E-state index is 0.637. The third kappa shape index (κ3) is 4.13. The second-order valence-electron chi connectivity index (χ2n) is 7.11. The van der Waals surface area contributed by atoms with Crippen LogP contribution in [0, 0.1) is 11.3 Å². The van der Waals surface area contributed by atoms with Gasteiger partial charge < -0.3 is 15.7 Å². The molecule has 6 heteroatoms. The van der Waals surface area contributed by atoms with Crippen LogP contribution in [-0.4, -0.2) is 33.2 Å². The van der Waals surface area contributed by atoms with Gasteiger partial charge in [0.15, 0.2) is 0 Å². The molecule has 0 aliphatic carbocycles. The summed E-state index contributed by atoms with van der Waals surface area (Å²) in [6.07, 6.45) is 7.21. The van der Waals surface area contributed by atoms with Gasteiger partial charge in [-0.15, -0.1) is 0 Å². The van der Waals surface area contributed by atoms with Crippen molar-refractivity contribution >= 4 is 34.8 Å². The Morgan fingerprint density at radius 1 is 1.14 bits per heavy atom. The summed E-state index contributed by atoms with van der Waals surface area (Å²) in [5, 5.41) is 7.44. The average molecular weight is 392 g/mol. The van der Waals surface area contributed by atoms with Gasteiger partial charge in [0.25, 0.3) is 0 Å². The number of rotatable bonds is 6. The summed E-state index contributed by atoms with van der Waals surface area (Å²) >= 11 is 1.87. The predicted octanol–water partition coefficient (Wildman–Crippen LogP) is 4.40. The van der Waals surface area contributed by atoms with Crippen LogP contribution in [0.1, 0.15) is 18.5 Å². The van der Waals surface area contributed by atoms with Crippen molar-refractivity contribution in [3.8, 4) is 0 Å². The van der Waals surface area contributed by atoms with Crippen LogP contribution in [-0.2, 0) is 6.54 Å². The van der Waals surface area contributed by atoms with Gasteiger partial charge in [0.1, 0.15) is 0 Å². The molecule has 1 aliphatic rings. The Kier molecular flexibility index (Phi) is 5.78. The number of aromatic nitrogens is 2. The quantitative estimate of drug-likeness (QED) is 0.482. The van der Waals surface area contributed by atoms with Crippen molar-refractivity contribution in [3.63, 3.8) is 0 Å². The molecule has 0 radical (unpaired) electrons. The third-order valence-electron chi connectivity index (χ3n) is 5.26. The number of nitrogens with zero attached hydrogens (tertiary/aromatic N) is 3. The number of nitrogens with one attached hydrogen (secondary N) is 1. The molecule has 0 amide bonds. The molecule has 28 heavy (non-hydrogen) atoms. The van der Waals surface area contributed by atoms with Gasteiger partial charge in [0.2, 0.25) is 0 Å². The zero-order valence-electron chi connectivity index (χ0n) is 15.8. The summed E-state index contributed by atoms with van der Waals surface area (Å²) in [5.41, 5.74) is 9.06. The van der Waals surface area contributed by atoms with E-state index in [1.807, 2.05) is 18.0 Å². The molecule has 0 atom stereocenters. The molecule has 0 unspecified atom stereocenters. The van der Waals surface area contributed by atoms with Gasteiger partial charge in [-0.3, -0.25) is 0 Å². The molecule has 0 bridgehead atoms. The van der Waals surface area contributed by atoms with Crippen molar-refractivity contribution in [1.29, 1.82) is 5.41 Å². The summed E-state index contributed by atoms with van der Waals surface area (Å²) in [7, 11) is 0. The van der Waals surface area contributed by atoms with Gasteiger partial charge in [-0.1, -0.05) is 18.2 Å². The lowest BCUT2D eigenvalue weighted by atomic mass is 9.98. The Balaban J connectivity index is 1.38. The van der Waals surface area contributed by atoms with Crippen molar-refractivity contribution in [2.45, 2.75) is 24.3 Å². The largest absolute Gasteiger partial charge is 0.404 e. The summed E-state index contributed by atoms with van der Waals surface area (Å²) in [6.45, 7) is 3.27. The fourth-order valence-corrected chi connectivity index (χ4v) is 4.66. The molecule has 4 rings (SSSR count). The van der Waals surface area contributed by atoms with Crippen LogP contribution in [0.5, 0.6) is 0 Å². The van der Waals surface area contributed by atoms with Crippen LogP contribution < -0.4 is 5.73 Å². The van der Waals surface area contributed by atoms with Crippen LogP contribution in [0.25, 0.3) is 16.6 Å². The van der Waals surface area contributed by atoms with E-state index in [1.54, 1.807) is 0 Å². The van der Waals surface area contributed by atoms with Crippen molar-refractivity contribution in [2.75, 3.05) is 13.1 Å². The van der Waals surface area contributed by atoms with Crippen LogP contribution >= 0.6 is 11.9 Å². The Morgan fingerprint density at radius 3 is 2.64 bits per heavy atom. The Morgan fingerprint density at radius 2 is 1.93 bits per heavy atom. The first-order valence-electron chi connectivity index (χ1n) is 9.63. The Bertz CT molecular complexity index is 971.